The minimum atomic E-state index is -0.307. The van der Waals surface area contributed by atoms with Crippen LogP contribution >= 0.6 is 23.5 Å². The van der Waals surface area contributed by atoms with Crippen molar-refractivity contribution >= 4 is 35.1 Å². The van der Waals surface area contributed by atoms with E-state index in [1.54, 1.807) is 18.2 Å². The summed E-state index contributed by atoms with van der Waals surface area (Å²) in [6.45, 7) is 4.29. The van der Waals surface area contributed by atoms with E-state index in [0.29, 0.717) is 27.9 Å². The topological polar surface area (TPSA) is 52.6 Å². The predicted molar refractivity (Wildman–Crippen MR) is 97.5 cm³/mol. The van der Waals surface area contributed by atoms with Gasteiger partial charge < -0.3 is 9.47 Å². The van der Waals surface area contributed by atoms with E-state index in [0.717, 1.165) is 5.57 Å². The van der Waals surface area contributed by atoms with Crippen LogP contribution in [0.5, 0.6) is 11.5 Å². The number of ether oxygens (including phenoxy) is 2. The Kier molecular flexibility index (Phi) is 5.16. The Morgan fingerprint density at radius 2 is 2.00 bits per heavy atom. The average Bonchev–Trinajstić information content (AvgIpc) is 3.03. The highest BCUT2D eigenvalue weighted by atomic mass is 32.2. The molecule has 0 aromatic heterocycles. The van der Waals surface area contributed by atoms with Gasteiger partial charge in [-0.1, -0.05) is 29.1 Å². The third-order valence-corrected chi connectivity index (χ3v) is 5.54. The zero-order chi connectivity index (χ0) is 17.1. The van der Waals surface area contributed by atoms with Crippen LogP contribution in [0.2, 0.25) is 0 Å². The van der Waals surface area contributed by atoms with Crippen LogP contribution in [0.25, 0.3) is 0 Å². The van der Waals surface area contributed by atoms with Gasteiger partial charge in [-0.05, 0) is 48.9 Å². The second-order valence-electron chi connectivity index (χ2n) is 5.46. The first-order valence-corrected chi connectivity index (χ1v) is 9.15. The van der Waals surface area contributed by atoms with Gasteiger partial charge in [-0.3, -0.25) is 9.59 Å². The number of benzene rings is 1. The van der Waals surface area contributed by atoms with Crippen molar-refractivity contribution < 1.29 is 19.1 Å². The van der Waals surface area contributed by atoms with Crippen LogP contribution in [0.4, 0.5) is 0 Å². The van der Waals surface area contributed by atoms with E-state index >= 15 is 0 Å². The Bertz CT molecular complexity index is 776. The lowest BCUT2D eigenvalue weighted by Gasteiger charge is -2.09. The molecular formula is C18H16O4S2. The highest BCUT2D eigenvalue weighted by molar-refractivity contribution is 8.27. The molecule has 2 heterocycles. The van der Waals surface area contributed by atoms with E-state index in [-0.39, 0.29) is 23.7 Å². The molecule has 2 aliphatic heterocycles. The Morgan fingerprint density at radius 3 is 2.71 bits per heavy atom. The van der Waals surface area contributed by atoms with Crippen molar-refractivity contribution in [2.24, 2.45) is 0 Å². The van der Waals surface area contributed by atoms with E-state index < -0.39 is 0 Å². The number of allylic oxidation sites excluding steroid dienone is 1. The van der Waals surface area contributed by atoms with Crippen molar-refractivity contribution in [3.63, 3.8) is 0 Å². The maximum absolute atomic E-state index is 12.9. The highest BCUT2D eigenvalue weighted by Gasteiger charge is 2.31. The zero-order valence-corrected chi connectivity index (χ0v) is 15.0. The summed E-state index contributed by atoms with van der Waals surface area (Å²) >= 11 is 2.77. The monoisotopic (exact) mass is 360 g/mol. The van der Waals surface area contributed by atoms with Gasteiger partial charge in [0.05, 0.1) is 15.4 Å². The van der Waals surface area contributed by atoms with E-state index in [1.807, 2.05) is 30.7 Å². The summed E-state index contributed by atoms with van der Waals surface area (Å²) in [6.07, 6.45) is 1.96. The molecule has 0 N–H and O–H groups in total. The third kappa shape index (κ3) is 3.60. The number of Topliss-reactive ketones (excluding diaryl/α,β-unsaturated/α-hetero) is 2. The van der Waals surface area contributed by atoms with Crippen molar-refractivity contribution in [2.45, 2.75) is 13.8 Å². The second-order valence-corrected chi connectivity index (χ2v) is 7.55. The first-order chi connectivity index (χ1) is 11.6. The maximum atomic E-state index is 12.9. The Hall–Kier alpha value is -1.92. The summed E-state index contributed by atoms with van der Waals surface area (Å²) in [5.74, 6) is 0.395. The van der Waals surface area contributed by atoms with Crippen LogP contribution < -0.4 is 9.47 Å². The van der Waals surface area contributed by atoms with Crippen LogP contribution in [-0.2, 0) is 4.79 Å². The molecule has 24 heavy (non-hydrogen) atoms. The molecule has 1 aromatic rings. The molecule has 0 aliphatic carbocycles. The standard InChI is InChI=1S/C18H16O4S2/c1-11(2)5-6-21-12-3-4-15-13(9-12)17(20)16(14(19)10-22-15)18-23-7-8-24-18/h3-5,7-9H,6,10H2,1-2H3. The van der Waals surface area contributed by atoms with Crippen LogP contribution in [0, 0.1) is 0 Å². The number of thioether (sulfide) groups is 2. The largest absolute Gasteiger partial charge is 0.490 e. The van der Waals surface area contributed by atoms with Crippen molar-refractivity contribution in [3.8, 4) is 11.5 Å². The lowest BCUT2D eigenvalue weighted by molar-refractivity contribution is -0.116. The fourth-order valence-electron chi connectivity index (χ4n) is 2.21. The van der Waals surface area contributed by atoms with Crippen LogP contribution in [0.3, 0.4) is 0 Å². The number of rotatable bonds is 3. The first-order valence-electron chi connectivity index (χ1n) is 7.40. The van der Waals surface area contributed by atoms with Gasteiger partial charge in [0.15, 0.2) is 6.61 Å². The average molecular weight is 360 g/mol. The van der Waals surface area contributed by atoms with Crippen LogP contribution in [0.15, 0.2) is 50.5 Å². The molecule has 2 aliphatic rings. The smallest absolute Gasteiger partial charge is 0.205 e. The van der Waals surface area contributed by atoms with Gasteiger partial charge in [0, 0.05) is 0 Å². The van der Waals surface area contributed by atoms with Crippen LogP contribution in [-0.4, -0.2) is 24.8 Å². The van der Waals surface area contributed by atoms with Gasteiger partial charge in [0.25, 0.3) is 0 Å². The van der Waals surface area contributed by atoms with E-state index in [2.05, 4.69) is 0 Å². The minimum Gasteiger partial charge on any atom is -0.490 e. The lowest BCUT2D eigenvalue weighted by atomic mass is 10.0. The third-order valence-electron chi connectivity index (χ3n) is 3.41. The first kappa shape index (κ1) is 16.9. The summed E-state index contributed by atoms with van der Waals surface area (Å²) in [7, 11) is 0. The van der Waals surface area contributed by atoms with Gasteiger partial charge in [0.1, 0.15) is 18.1 Å². The molecule has 124 valence electrons. The van der Waals surface area contributed by atoms with Crippen molar-refractivity contribution in [2.75, 3.05) is 13.2 Å². The van der Waals surface area contributed by atoms with Crippen molar-refractivity contribution in [1.29, 1.82) is 0 Å². The molecule has 0 unspecified atom stereocenters. The van der Waals surface area contributed by atoms with Gasteiger partial charge >= 0.3 is 0 Å². The molecule has 0 spiro atoms. The van der Waals surface area contributed by atoms with E-state index in [9.17, 15) is 9.59 Å². The van der Waals surface area contributed by atoms with Gasteiger partial charge in [-0.2, -0.15) is 0 Å². The summed E-state index contributed by atoms with van der Waals surface area (Å²) in [5.41, 5.74) is 1.73. The highest BCUT2D eigenvalue weighted by Crippen LogP contribution is 2.42. The molecule has 6 heteroatoms. The fourth-order valence-corrected chi connectivity index (χ4v) is 4.11. The quantitative estimate of drug-likeness (QED) is 0.454. The predicted octanol–water partition coefficient (Wildman–Crippen LogP) is 4.34. The Balaban J connectivity index is 1.93. The second kappa shape index (κ2) is 7.32. The van der Waals surface area contributed by atoms with E-state index in [4.69, 9.17) is 9.47 Å². The number of fused-ring (bicyclic) bond motifs is 1. The van der Waals surface area contributed by atoms with Gasteiger partial charge in [0.2, 0.25) is 11.6 Å². The molecule has 0 saturated heterocycles. The molecule has 0 amide bonds. The number of carbonyl (C=O) groups excluding carboxylic acids is 2. The minimum absolute atomic E-state index is 0.128. The fraction of sp³-hybridized carbons (Fsp3) is 0.222. The molecule has 0 radical (unpaired) electrons. The molecule has 0 saturated carbocycles. The SMILES string of the molecule is CC(C)=CCOc1ccc2c(c1)C(=O)C(=C1SC=CS1)C(=O)CO2. The summed E-state index contributed by atoms with van der Waals surface area (Å²) in [4.78, 5) is 25.2. The Labute approximate surface area is 149 Å². The number of hydrogen-bond acceptors (Lipinski definition) is 6. The van der Waals surface area contributed by atoms with Crippen molar-refractivity contribution in [1.82, 2.24) is 0 Å². The van der Waals surface area contributed by atoms with E-state index in [1.165, 1.54) is 23.5 Å². The molecular weight excluding hydrogens is 344 g/mol. The molecule has 0 atom stereocenters. The Morgan fingerprint density at radius 1 is 1.25 bits per heavy atom. The zero-order valence-electron chi connectivity index (χ0n) is 13.3. The number of carbonyl (C=O) groups is 2. The summed E-state index contributed by atoms with van der Waals surface area (Å²) < 4.78 is 11.9. The van der Waals surface area contributed by atoms with Gasteiger partial charge in [-0.15, -0.1) is 0 Å². The molecule has 0 fully saturated rings. The summed E-state index contributed by atoms with van der Waals surface area (Å²) in [6, 6.07) is 5.07. The molecule has 3 rings (SSSR count). The molecule has 4 nitrogen and oxygen atoms in total. The number of hydrogen-bond donors (Lipinski definition) is 0. The summed E-state index contributed by atoms with van der Waals surface area (Å²) in [5, 5.41) is 3.72. The number of ketones is 2. The van der Waals surface area contributed by atoms with Gasteiger partial charge in [-0.25, -0.2) is 0 Å². The molecule has 1 aromatic carbocycles. The lowest BCUT2D eigenvalue weighted by Crippen LogP contribution is -2.16. The van der Waals surface area contributed by atoms with Crippen molar-refractivity contribution in [3.05, 3.63) is 56.0 Å². The van der Waals surface area contributed by atoms with Crippen LogP contribution in [0.1, 0.15) is 24.2 Å². The normalized spacial score (nSPS) is 16.6. The molecule has 0 bridgehead atoms. The maximum Gasteiger partial charge on any atom is 0.205 e.